The van der Waals surface area contributed by atoms with Crippen molar-refractivity contribution in [1.29, 1.82) is 0 Å². The highest BCUT2D eigenvalue weighted by atomic mass is 32.1. The van der Waals surface area contributed by atoms with E-state index in [-0.39, 0.29) is 6.61 Å². The minimum absolute atomic E-state index is 0.108. The van der Waals surface area contributed by atoms with Gasteiger partial charge >= 0.3 is 5.97 Å². The molecule has 4 rings (SSSR count). The van der Waals surface area contributed by atoms with E-state index in [1.54, 1.807) is 30.5 Å². The molecule has 0 N–H and O–H groups in total. The van der Waals surface area contributed by atoms with Gasteiger partial charge in [-0.05, 0) is 46.8 Å². The van der Waals surface area contributed by atoms with Crippen molar-refractivity contribution in [3.63, 3.8) is 0 Å². The zero-order valence-electron chi connectivity index (χ0n) is 13.4. The SMILES string of the molecule is O=C(OCc1csc(-c2ccccn2)n1)c1ccc(-n2cnnn2)cc1. The summed E-state index contributed by atoms with van der Waals surface area (Å²) in [4.78, 5) is 20.9. The molecule has 4 aromatic rings. The van der Waals surface area contributed by atoms with Crippen LogP contribution in [0.25, 0.3) is 16.4 Å². The fourth-order valence-corrected chi connectivity index (χ4v) is 3.01. The van der Waals surface area contributed by atoms with Crippen molar-refractivity contribution in [3.8, 4) is 16.4 Å². The van der Waals surface area contributed by atoms with Crippen LogP contribution in [-0.4, -0.2) is 36.1 Å². The number of thiazole rings is 1. The summed E-state index contributed by atoms with van der Waals surface area (Å²) in [6, 6.07) is 12.5. The molecule has 0 aliphatic heterocycles. The maximum Gasteiger partial charge on any atom is 0.338 e. The number of hydrogen-bond acceptors (Lipinski definition) is 8. The normalized spacial score (nSPS) is 10.6. The summed E-state index contributed by atoms with van der Waals surface area (Å²) in [6.45, 7) is 0.108. The topological polar surface area (TPSA) is 95.7 Å². The van der Waals surface area contributed by atoms with Gasteiger partial charge in [-0.2, -0.15) is 0 Å². The Hall–Kier alpha value is -3.46. The van der Waals surface area contributed by atoms with Crippen LogP contribution in [0.2, 0.25) is 0 Å². The Morgan fingerprint density at radius 1 is 1.15 bits per heavy atom. The first-order chi connectivity index (χ1) is 12.8. The molecule has 0 atom stereocenters. The molecule has 0 radical (unpaired) electrons. The van der Waals surface area contributed by atoms with Gasteiger partial charge in [-0.15, -0.1) is 16.4 Å². The number of tetrazole rings is 1. The number of pyridine rings is 1. The minimum atomic E-state index is -0.416. The van der Waals surface area contributed by atoms with Gasteiger partial charge in [0.15, 0.2) is 0 Å². The van der Waals surface area contributed by atoms with Crippen molar-refractivity contribution in [1.82, 2.24) is 30.2 Å². The fourth-order valence-electron chi connectivity index (χ4n) is 2.23. The van der Waals surface area contributed by atoms with E-state index in [9.17, 15) is 4.79 Å². The first-order valence-corrected chi connectivity index (χ1v) is 8.54. The fraction of sp³-hybridized carbons (Fsp3) is 0.0588. The molecule has 9 heteroatoms. The summed E-state index contributed by atoms with van der Waals surface area (Å²) in [7, 11) is 0. The van der Waals surface area contributed by atoms with E-state index in [1.165, 1.54) is 22.3 Å². The molecule has 0 bridgehead atoms. The third kappa shape index (κ3) is 3.47. The highest BCUT2D eigenvalue weighted by Crippen LogP contribution is 2.21. The van der Waals surface area contributed by atoms with E-state index in [4.69, 9.17) is 4.74 Å². The first-order valence-electron chi connectivity index (χ1n) is 7.66. The molecule has 128 valence electrons. The Morgan fingerprint density at radius 3 is 2.77 bits per heavy atom. The monoisotopic (exact) mass is 364 g/mol. The van der Waals surface area contributed by atoms with Crippen LogP contribution >= 0.6 is 11.3 Å². The van der Waals surface area contributed by atoms with E-state index in [0.717, 1.165) is 16.4 Å². The third-order valence-corrected chi connectivity index (χ3v) is 4.42. The number of hydrogen-bond donors (Lipinski definition) is 0. The third-order valence-electron chi connectivity index (χ3n) is 3.50. The van der Waals surface area contributed by atoms with E-state index < -0.39 is 5.97 Å². The summed E-state index contributed by atoms with van der Waals surface area (Å²) >= 11 is 1.46. The van der Waals surface area contributed by atoms with Crippen LogP contribution in [0.15, 0.2) is 60.4 Å². The van der Waals surface area contributed by atoms with Gasteiger partial charge in [0.2, 0.25) is 0 Å². The van der Waals surface area contributed by atoms with E-state index in [0.29, 0.717) is 11.3 Å². The lowest BCUT2D eigenvalue weighted by Gasteiger charge is -2.04. The molecule has 0 unspecified atom stereocenters. The number of aromatic nitrogens is 6. The van der Waals surface area contributed by atoms with Crippen molar-refractivity contribution in [2.45, 2.75) is 6.61 Å². The van der Waals surface area contributed by atoms with Gasteiger partial charge in [0.1, 0.15) is 17.9 Å². The number of carbonyl (C=O) groups is 1. The van der Waals surface area contributed by atoms with Crippen LogP contribution in [0.4, 0.5) is 0 Å². The largest absolute Gasteiger partial charge is 0.456 e. The Bertz CT molecular complexity index is 999. The Kier molecular flexibility index (Phi) is 4.44. The molecule has 0 fully saturated rings. The molecule has 0 spiro atoms. The van der Waals surface area contributed by atoms with E-state index >= 15 is 0 Å². The average molecular weight is 364 g/mol. The van der Waals surface area contributed by atoms with Gasteiger partial charge in [0.05, 0.1) is 22.6 Å². The lowest BCUT2D eigenvalue weighted by atomic mass is 10.2. The van der Waals surface area contributed by atoms with Crippen molar-refractivity contribution in [3.05, 3.63) is 71.6 Å². The van der Waals surface area contributed by atoms with Crippen molar-refractivity contribution >= 4 is 17.3 Å². The maximum atomic E-state index is 12.2. The standard InChI is InChI=1S/C17H12N6O2S/c24-17(12-4-6-14(7-5-12)23-11-19-21-22-23)25-9-13-10-26-16(20-13)15-3-1-2-8-18-15/h1-8,10-11H,9H2. The molecule has 0 saturated heterocycles. The van der Waals surface area contributed by atoms with Gasteiger partial charge in [0, 0.05) is 11.6 Å². The molecule has 3 aromatic heterocycles. The van der Waals surface area contributed by atoms with Crippen LogP contribution in [-0.2, 0) is 11.3 Å². The zero-order chi connectivity index (χ0) is 17.8. The maximum absolute atomic E-state index is 12.2. The second-order valence-corrected chi connectivity index (χ2v) is 6.09. The van der Waals surface area contributed by atoms with Gasteiger partial charge in [-0.1, -0.05) is 6.07 Å². The molecule has 3 heterocycles. The van der Waals surface area contributed by atoms with Crippen molar-refractivity contribution < 1.29 is 9.53 Å². The second kappa shape index (κ2) is 7.19. The van der Waals surface area contributed by atoms with Gasteiger partial charge < -0.3 is 4.74 Å². The summed E-state index contributed by atoms with van der Waals surface area (Å²) in [5.74, 6) is -0.416. The summed E-state index contributed by atoms with van der Waals surface area (Å²) in [6.07, 6.45) is 3.20. The number of ether oxygens (including phenoxy) is 1. The molecule has 0 saturated carbocycles. The Balaban J connectivity index is 1.39. The lowest BCUT2D eigenvalue weighted by molar-refractivity contribution is 0.0468. The summed E-state index contributed by atoms with van der Waals surface area (Å²) in [5, 5.41) is 13.6. The van der Waals surface area contributed by atoms with Crippen LogP contribution < -0.4 is 0 Å². The predicted molar refractivity (Wildman–Crippen MR) is 93.6 cm³/mol. The first kappa shape index (κ1) is 16.0. The number of carbonyl (C=O) groups excluding carboxylic acids is 1. The molecule has 8 nitrogen and oxygen atoms in total. The molecule has 26 heavy (non-hydrogen) atoms. The lowest BCUT2D eigenvalue weighted by Crippen LogP contribution is -2.06. The molecule has 0 amide bonds. The van der Waals surface area contributed by atoms with Gasteiger partial charge in [-0.25, -0.2) is 14.5 Å². The highest BCUT2D eigenvalue weighted by Gasteiger charge is 2.11. The van der Waals surface area contributed by atoms with Crippen molar-refractivity contribution in [2.24, 2.45) is 0 Å². The van der Waals surface area contributed by atoms with Gasteiger partial charge in [0.25, 0.3) is 0 Å². The predicted octanol–water partition coefficient (Wildman–Crippen LogP) is 2.54. The van der Waals surface area contributed by atoms with E-state index in [1.807, 2.05) is 23.6 Å². The van der Waals surface area contributed by atoms with Crippen LogP contribution in [0, 0.1) is 0 Å². The van der Waals surface area contributed by atoms with Crippen LogP contribution in [0.1, 0.15) is 16.1 Å². The molecule has 0 aliphatic rings. The summed E-state index contributed by atoms with van der Waals surface area (Å²) < 4.78 is 6.84. The van der Waals surface area contributed by atoms with Crippen molar-refractivity contribution in [2.75, 3.05) is 0 Å². The Labute approximate surface area is 152 Å². The average Bonchev–Trinajstić information content (AvgIpc) is 3.39. The number of rotatable bonds is 5. The molecule has 0 aliphatic carbocycles. The summed E-state index contributed by atoms with van der Waals surface area (Å²) in [5.41, 5.74) is 2.69. The molecular formula is C17H12N6O2S. The van der Waals surface area contributed by atoms with E-state index in [2.05, 4.69) is 25.5 Å². The smallest absolute Gasteiger partial charge is 0.338 e. The Morgan fingerprint density at radius 2 is 2.04 bits per heavy atom. The van der Waals surface area contributed by atoms with Crippen LogP contribution in [0.5, 0.6) is 0 Å². The van der Waals surface area contributed by atoms with Crippen LogP contribution in [0.3, 0.4) is 0 Å². The minimum Gasteiger partial charge on any atom is -0.456 e. The number of benzene rings is 1. The number of esters is 1. The van der Waals surface area contributed by atoms with Gasteiger partial charge in [-0.3, -0.25) is 4.98 Å². The zero-order valence-corrected chi connectivity index (χ0v) is 14.2. The quantitative estimate of drug-likeness (QED) is 0.502. The molecule has 1 aromatic carbocycles. The highest BCUT2D eigenvalue weighted by molar-refractivity contribution is 7.13. The second-order valence-electron chi connectivity index (χ2n) is 5.24. The number of nitrogens with zero attached hydrogens (tertiary/aromatic N) is 6. The molecular weight excluding hydrogens is 352 g/mol.